The summed E-state index contributed by atoms with van der Waals surface area (Å²) in [6.07, 6.45) is 22.6. The summed E-state index contributed by atoms with van der Waals surface area (Å²) in [7, 11) is 0. The SMILES string of the molecule is CCCCCCCCCCCCCCCCCC1N=c2ccccc2=N1. The Labute approximate surface area is 161 Å². The van der Waals surface area contributed by atoms with Gasteiger partial charge in [0.2, 0.25) is 0 Å². The maximum atomic E-state index is 4.69. The highest BCUT2D eigenvalue weighted by molar-refractivity contribution is 5.03. The number of para-hydroxylation sites is 2. The third-order valence-corrected chi connectivity index (χ3v) is 5.52. The van der Waals surface area contributed by atoms with Crippen LogP contribution in [0.3, 0.4) is 0 Å². The zero-order valence-electron chi connectivity index (χ0n) is 17.1. The number of hydrogen-bond donors (Lipinski definition) is 0. The van der Waals surface area contributed by atoms with E-state index in [1.807, 2.05) is 12.1 Å². The molecule has 1 heterocycles. The van der Waals surface area contributed by atoms with Crippen molar-refractivity contribution < 1.29 is 0 Å². The lowest BCUT2D eigenvalue weighted by Crippen LogP contribution is -2.19. The highest BCUT2D eigenvalue weighted by Crippen LogP contribution is 2.14. The number of unbranched alkanes of at least 4 members (excludes halogenated alkanes) is 14. The van der Waals surface area contributed by atoms with Crippen molar-refractivity contribution in [2.45, 2.75) is 116 Å². The molecule has 0 N–H and O–H groups in total. The summed E-state index contributed by atoms with van der Waals surface area (Å²) < 4.78 is 0. The number of fused-ring (bicyclic) bond motifs is 1. The first-order valence-electron chi connectivity index (χ1n) is 11.4. The quantitative estimate of drug-likeness (QED) is 0.301. The van der Waals surface area contributed by atoms with Crippen LogP contribution >= 0.6 is 0 Å². The fourth-order valence-electron chi connectivity index (χ4n) is 3.86. The number of benzene rings is 1. The van der Waals surface area contributed by atoms with Crippen molar-refractivity contribution in [2.75, 3.05) is 0 Å². The Morgan fingerprint density at radius 3 is 1.38 bits per heavy atom. The topological polar surface area (TPSA) is 24.7 Å². The molecule has 0 saturated heterocycles. The normalized spacial score (nSPS) is 13.4. The Kier molecular flexibility index (Phi) is 11.3. The van der Waals surface area contributed by atoms with Gasteiger partial charge in [-0.05, 0) is 25.0 Å². The van der Waals surface area contributed by atoms with Crippen molar-refractivity contribution >= 4 is 0 Å². The summed E-state index contributed by atoms with van der Waals surface area (Å²) >= 11 is 0. The van der Waals surface area contributed by atoms with E-state index in [0.717, 1.165) is 17.1 Å². The van der Waals surface area contributed by atoms with Crippen molar-refractivity contribution in [3.8, 4) is 0 Å². The van der Waals surface area contributed by atoms with Gasteiger partial charge in [-0.25, -0.2) is 0 Å². The molecule has 2 rings (SSSR count). The Morgan fingerprint density at radius 1 is 0.577 bits per heavy atom. The molecule has 0 bridgehead atoms. The molecule has 0 aromatic heterocycles. The smallest absolute Gasteiger partial charge is 0.141 e. The van der Waals surface area contributed by atoms with Crippen LogP contribution in [0.25, 0.3) is 0 Å². The van der Waals surface area contributed by atoms with Crippen molar-refractivity contribution in [2.24, 2.45) is 9.98 Å². The zero-order chi connectivity index (χ0) is 18.3. The van der Waals surface area contributed by atoms with Gasteiger partial charge in [-0.1, -0.05) is 109 Å². The van der Waals surface area contributed by atoms with Gasteiger partial charge >= 0.3 is 0 Å². The lowest BCUT2D eigenvalue weighted by Gasteiger charge is -2.05. The summed E-state index contributed by atoms with van der Waals surface area (Å²) in [5.41, 5.74) is 0. The average molecular weight is 357 g/mol. The molecule has 2 heteroatoms. The fraction of sp³-hybridized carbons (Fsp3) is 0.750. The zero-order valence-corrected chi connectivity index (χ0v) is 17.1. The van der Waals surface area contributed by atoms with Crippen molar-refractivity contribution in [1.82, 2.24) is 0 Å². The van der Waals surface area contributed by atoms with Crippen molar-refractivity contribution in [1.29, 1.82) is 0 Å². The molecule has 0 atom stereocenters. The first kappa shape index (κ1) is 21.1. The molecular formula is C24H40N2. The third kappa shape index (κ3) is 8.96. The van der Waals surface area contributed by atoms with Crippen LogP contribution in [0, 0.1) is 0 Å². The molecule has 1 aromatic carbocycles. The van der Waals surface area contributed by atoms with E-state index in [0.29, 0.717) is 0 Å². The lowest BCUT2D eigenvalue weighted by atomic mass is 10.0. The van der Waals surface area contributed by atoms with E-state index in [4.69, 9.17) is 0 Å². The van der Waals surface area contributed by atoms with Crippen LogP contribution in [0.2, 0.25) is 0 Å². The van der Waals surface area contributed by atoms with Crippen LogP contribution in [0.15, 0.2) is 34.3 Å². The van der Waals surface area contributed by atoms with Gasteiger partial charge in [-0.3, -0.25) is 9.98 Å². The lowest BCUT2D eigenvalue weighted by molar-refractivity contribution is 0.518. The predicted molar refractivity (Wildman–Crippen MR) is 112 cm³/mol. The molecule has 1 aromatic rings. The minimum Gasteiger partial charge on any atom is -0.256 e. The minimum absolute atomic E-state index is 0.189. The molecule has 0 unspecified atom stereocenters. The Bertz CT molecular complexity index is 543. The monoisotopic (exact) mass is 356 g/mol. The average Bonchev–Trinajstić information content (AvgIpc) is 3.07. The first-order chi connectivity index (χ1) is 12.9. The highest BCUT2D eigenvalue weighted by atomic mass is 15.0. The summed E-state index contributed by atoms with van der Waals surface area (Å²) in [4.78, 5) is 9.38. The van der Waals surface area contributed by atoms with Crippen LogP contribution in [0.4, 0.5) is 0 Å². The highest BCUT2D eigenvalue weighted by Gasteiger charge is 2.08. The Balaban J connectivity index is 1.32. The second kappa shape index (κ2) is 13.9. The van der Waals surface area contributed by atoms with Gasteiger partial charge in [0.25, 0.3) is 0 Å². The standard InChI is InChI=1S/C24H40N2/c1-2-3-4-5-6-7-8-9-10-11-12-13-14-15-16-21-24-25-22-19-17-18-20-23(22)26-24/h17-20,24H,2-16,21H2,1H3. The first-order valence-corrected chi connectivity index (χ1v) is 11.4. The van der Waals surface area contributed by atoms with Gasteiger partial charge < -0.3 is 0 Å². The van der Waals surface area contributed by atoms with E-state index in [-0.39, 0.29) is 6.17 Å². The molecule has 0 radical (unpaired) electrons. The van der Waals surface area contributed by atoms with Gasteiger partial charge in [0.15, 0.2) is 0 Å². The number of nitrogens with zero attached hydrogens (tertiary/aromatic N) is 2. The molecule has 0 amide bonds. The maximum absolute atomic E-state index is 4.69. The van der Waals surface area contributed by atoms with Crippen LogP contribution < -0.4 is 10.7 Å². The van der Waals surface area contributed by atoms with Gasteiger partial charge in [-0.2, -0.15) is 0 Å². The molecule has 2 nitrogen and oxygen atoms in total. The second-order valence-corrected chi connectivity index (χ2v) is 7.97. The van der Waals surface area contributed by atoms with Crippen LogP contribution in [0.1, 0.15) is 110 Å². The van der Waals surface area contributed by atoms with Crippen LogP contribution in [0.5, 0.6) is 0 Å². The largest absolute Gasteiger partial charge is 0.256 e. The van der Waals surface area contributed by atoms with E-state index in [2.05, 4.69) is 29.0 Å². The molecule has 1 aliphatic rings. The van der Waals surface area contributed by atoms with Crippen molar-refractivity contribution in [3.05, 3.63) is 35.0 Å². The van der Waals surface area contributed by atoms with E-state index >= 15 is 0 Å². The predicted octanol–water partition coefficient (Wildman–Crippen LogP) is 6.53. The number of hydrogen-bond acceptors (Lipinski definition) is 2. The molecule has 0 aliphatic carbocycles. The van der Waals surface area contributed by atoms with E-state index in [1.165, 1.54) is 96.3 Å². The maximum Gasteiger partial charge on any atom is 0.141 e. The second-order valence-electron chi connectivity index (χ2n) is 7.97. The number of rotatable bonds is 16. The molecule has 1 aliphatic heterocycles. The summed E-state index contributed by atoms with van der Waals surface area (Å²) in [5.74, 6) is 0. The fourth-order valence-corrected chi connectivity index (χ4v) is 3.86. The van der Waals surface area contributed by atoms with E-state index in [1.54, 1.807) is 0 Å². The molecule has 0 saturated carbocycles. The Morgan fingerprint density at radius 2 is 0.962 bits per heavy atom. The molecule has 0 fully saturated rings. The van der Waals surface area contributed by atoms with Crippen LogP contribution in [-0.4, -0.2) is 6.17 Å². The van der Waals surface area contributed by atoms with E-state index in [9.17, 15) is 0 Å². The summed E-state index contributed by atoms with van der Waals surface area (Å²) in [6.45, 7) is 2.29. The van der Waals surface area contributed by atoms with Crippen molar-refractivity contribution in [3.63, 3.8) is 0 Å². The van der Waals surface area contributed by atoms with Gasteiger partial charge in [0, 0.05) is 0 Å². The minimum atomic E-state index is 0.189. The summed E-state index contributed by atoms with van der Waals surface area (Å²) in [5, 5.41) is 2.16. The van der Waals surface area contributed by atoms with Gasteiger partial charge in [0.1, 0.15) is 6.17 Å². The summed E-state index contributed by atoms with van der Waals surface area (Å²) in [6, 6.07) is 8.25. The third-order valence-electron chi connectivity index (χ3n) is 5.52. The Hall–Kier alpha value is -1.18. The molecule has 0 spiro atoms. The van der Waals surface area contributed by atoms with Gasteiger partial charge in [-0.15, -0.1) is 0 Å². The van der Waals surface area contributed by atoms with Crippen LogP contribution in [-0.2, 0) is 0 Å². The van der Waals surface area contributed by atoms with Gasteiger partial charge in [0.05, 0.1) is 10.7 Å². The molecular weight excluding hydrogens is 316 g/mol. The van der Waals surface area contributed by atoms with E-state index < -0.39 is 0 Å². The molecule has 146 valence electrons. The molecule has 26 heavy (non-hydrogen) atoms.